The quantitative estimate of drug-likeness (QED) is 0.676. The molecule has 0 bridgehead atoms. The molecular formula is C20H26N2O4S. The minimum absolute atomic E-state index is 0.143. The molecule has 0 saturated carbocycles. The Kier molecular flexibility index (Phi) is 7.82. The van der Waals surface area contributed by atoms with Crippen LogP contribution in [0, 0.1) is 0 Å². The maximum atomic E-state index is 12.8. The number of amides is 1. The van der Waals surface area contributed by atoms with Gasteiger partial charge in [0.25, 0.3) is 0 Å². The lowest BCUT2D eigenvalue weighted by atomic mass is 10.1. The predicted octanol–water partition coefficient (Wildman–Crippen LogP) is 2.45. The zero-order valence-corrected chi connectivity index (χ0v) is 16.5. The van der Waals surface area contributed by atoms with E-state index in [-0.39, 0.29) is 23.9 Å². The van der Waals surface area contributed by atoms with Crippen LogP contribution < -0.4 is 10.1 Å². The second-order valence-electron chi connectivity index (χ2n) is 5.92. The van der Waals surface area contributed by atoms with Crippen molar-refractivity contribution < 1.29 is 17.9 Å². The standard InChI is InChI=1S/C20H26N2O4S/c1-3-22(16-20(23)21-15-14-17-8-6-5-7-9-17)27(24,25)19-12-10-18(11-13-19)26-4-2/h5-13H,3-4,14-16H2,1-2H3,(H,21,23). The zero-order valence-electron chi connectivity index (χ0n) is 15.7. The van der Waals surface area contributed by atoms with Crippen LogP contribution in [0.25, 0.3) is 0 Å². The molecule has 1 N–H and O–H groups in total. The van der Waals surface area contributed by atoms with E-state index < -0.39 is 10.0 Å². The van der Waals surface area contributed by atoms with Crippen molar-refractivity contribution in [3.05, 3.63) is 60.2 Å². The third kappa shape index (κ3) is 6.08. The van der Waals surface area contributed by atoms with Crippen molar-refractivity contribution in [2.24, 2.45) is 0 Å². The van der Waals surface area contributed by atoms with E-state index in [0.717, 1.165) is 5.56 Å². The van der Waals surface area contributed by atoms with Crippen LogP contribution in [0.5, 0.6) is 5.75 Å². The van der Waals surface area contributed by atoms with E-state index in [4.69, 9.17) is 4.74 Å². The number of sulfonamides is 1. The van der Waals surface area contributed by atoms with E-state index in [0.29, 0.717) is 25.3 Å². The van der Waals surface area contributed by atoms with Gasteiger partial charge in [0.1, 0.15) is 5.75 Å². The average molecular weight is 391 g/mol. The van der Waals surface area contributed by atoms with Crippen LogP contribution in [0.1, 0.15) is 19.4 Å². The highest BCUT2D eigenvalue weighted by Crippen LogP contribution is 2.19. The van der Waals surface area contributed by atoms with Gasteiger partial charge in [0.05, 0.1) is 18.0 Å². The Morgan fingerprint density at radius 3 is 2.30 bits per heavy atom. The number of hydrogen-bond donors (Lipinski definition) is 1. The number of nitrogens with zero attached hydrogens (tertiary/aromatic N) is 1. The Labute approximate surface area is 161 Å². The van der Waals surface area contributed by atoms with Crippen LogP contribution in [-0.2, 0) is 21.2 Å². The lowest BCUT2D eigenvalue weighted by molar-refractivity contribution is -0.121. The van der Waals surface area contributed by atoms with Gasteiger partial charge in [-0.1, -0.05) is 37.3 Å². The molecule has 0 heterocycles. The van der Waals surface area contributed by atoms with Gasteiger partial charge in [-0.15, -0.1) is 0 Å². The molecule has 0 aliphatic heterocycles. The number of nitrogens with one attached hydrogen (secondary N) is 1. The molecule has 1 amide bonds. The molecule has 0 unspecified atom stereocenters. The fourth-order valence-corrected chi connectivity index (χ4v) is 4.00. The molecule has 2 aromatic carbocycles. The largest absolute Gasteiger partial charge is 0.494 e. The molecular weight excluding hydrogens is 364 g/mol. The number of likely N-dealkylation sites (N-methyl/N-ethyl adjacent to an activating group) is 1. The van der Waals surface area contributed by atoms with Gasteiger partial charge in [-0.05, 0) is 43.2 Å². The summed E-state index contributed by atoms with van der Waals surface area (Å²) in [6, 6.07) is 16.0. The van der Waals surface area contributed by atoms with Gasteiger partial charge in [-0.2, -0.15) is 4.31 Å². The smallest absolute Gasteiger partial charge is 0.243 e. The minimum Gasteiger partial charge on any atom is -0.494 e. The summed E-state index contributed by atoms with van der Waals surface area (Å²) in [6.45, 7) is 4.55. The third-order valence-corrected chi connectivity index (χ3v) is 5.96. The second kappa shape index (κ2) is 10.1. The Bertz CT molecular complexity index is 821. The van der Waals surface area contributed by atoms with Crippen molar-refractivity contribution in [2.75, 3.05) is 26.2 Å². The Hall–Kier alpha value is -2.38. The predicted molar refractivity (Wildman–Crippen MR) is 105 cm³/mol. The van der Waals surface area contributed by atoms with Crippen LogP contribution in [-0.4, -0.2) is 44.9 Å². The van der Waals surface area contributed by atoms with E-state index in [1.54, 1.807) is 19.1 Å². The van der Waals surface area contributed by atoms with Gasteiger partial charge < -0.3 is 10.1 Å². The number of rotatable bonds is 10. The molecule has 6 nitrogen and oxygen atoms in total. The number of hydrogen-bond acceptors (Lipinski definition) is 4. The summed E-state index contributed by atoms with van der Waals surface area (Å²) in [4.78, 5) is 12.3. The molecule has 0 aliphatic carbocycles. The van der Waals surface area contributed by atoms with Crippen LogP contribution in [0.4, 0.5) is 0 Å². The van der Waals surface area contributed by atoms with Crippen molar-refractivity contribution >= 4 is 15.9 Å². The first-order valence-corrected chi connectivity index (χ1v) is 10.4. The first-order valence-electron chi connectivity index (χ1n) is 9.01. The highest BCUT2D eigenvalue weighted by Gasteiger charge is 2.25. The summed E-state index contributed by atoms with van der Waals surface area (Å²) in [5.74, 6) is 0.292. The summed E-state index contributed by atoms with van der Waals surface area (Å²) in [5.41, 5.74) is 1.12. The maximum Gasteiger partial charge on any atom is 0.243 e. The molecule has 2 rings (SSSR count). The summed E-state index contributed by atoms with van der Waals surface area (Å²) in [6.07, 6.45) is 0.699. The molecule has 0 saturated heterocycles. The van der Waals surface area contributed by atoms with E-state index in [1.165, 1.54) is 16.4 Å². The van der Waals surface area contributed by atoms with Crippen LogP contribution >= 0.6 is 0 Å². The van der Waals surface area contributed by atoms with E-state index in [1.807, 2.05) is 37.3 Å². The van der Waals surface area contributed by atoms with Gasteiger partial charge in [0, 0.05) is 13.1 Å². The number of carbonyl (C=O) groups excluding carboxylic acids is 1. The van der Waals surface area contributed by atoms with Crippen LogP contribution in [0.3, 0.4) is 0 Å². The summed E-state index contributed by atoms with van der Waals surface area (Å²) in [7, 11) is -3.74. The summed E-state index contributed by atoms with van der Waals surface area (Å²) < 4.78 is 32.0. The topological polar surface area (TPSA) is 75.7 Å². The van der Waals surface area contributed by atoms with E-state index in [2.05, 4.69) is 5.32 Å². The molecule has 0 spiro atoms. The van der Waals surface area contributed by atoms with Crippen LogP contribution in [0.15, 0.2) is 59.5 Å². The van der Waals surface area contributed by atoms with Crippen molar-refractivity contribution in [2.45, 2.75) is 25.2 Å². The average Bonchev–Trinajstić information content (AvgIpc) is 2.67. The SMILES string of the molecule is CCOc1ccc(S(=O)(=O)N(CC)CC(=O)NCCc2ccccc2)cc1. The second-order valence-corrected chi connectivity index (χ2v) is 7.86. The van der Waals surface area contributed by atoms with Gasteiger partial charge in [0.2, 0.25) is 15.9 Å². The van der Waals surface area contributed by atoms with E-state index >= 15 is 0 Å². The Balaban J connectivity index is 1.94. The molecule has 0 fully saturated rings. The monoisotopic (exact) mass is 390 g/mol. The lowest BCUT2D eigenvalue weighted by Gasteiger charge is -2.20. The lowest BCUT2D eigenvalue weighted by Crippen LogP contribution is -2.41. The first kappa shape index (κ1) is 20.9. The highest BCUT2D eigenvalue weighted by molar-refractivity contribution is 7.89. The zero-order chi connectivity index (χ0) is 19.7. The summed E-state index contributed by atoms with van der Waals surface area (Å²) in [5, 5.41) is 2.78. The van der Waals surface area contributed by atoms with E-state index in [9.17, 15) is 13.2 Å². The van der Waals surface area contributed by atoms with Crippen molar-refractivity contribution in [1.82, 2.24) is 9.62 Å². The van der Waals surface area contributed by atoms with Gasteiger partial charge in [-0.3, -0.25) is 4.79 Å². The van der Waals surface area contributed by atoms with Gasteiger partial charge in [-0.25, -0.2) is 8.42 Å². The molecule has 0 atom stereocenters. The Morgan fingerprint density at radius 2 is 1.70 bits per heavy atom. The third-order valence-electron chi connectivity index (χ3n) is 4.02. The Morgan fingerprint density at radius 1 is 1.04 bits per heavy atom. The molecule has 7 heteroatoms. The number of carbonyl (C=O) groups is 1. The van der Waals surface area contributed by atoms with Crippen LogP contribution in [0.2, 0.25) is 0 Å². The fraction of sp³-hybridized carbons (Fsp3) is 0.350. The minimum atomic E-state index is -3.74. The molecule has 2 aromatic rings. The van der Waals surface area contributed by atoms with Gasteiger partial charge in [0.15, 0.2) is 0 Å². The molecule has 0 aromatic heterocycles. The van der Waals surface area contributed by atoms with Crippen molar-refractivity contribution in [1.29, 1.82) is 0 Å². The molecule has 27 heavy (non-hydrogen) atoms. The normalized spacial score (nSPS) is 11.4. The first-order chi connectivity index (χ1) is 13.0. The number of benzene rings is 2. The number of ether oxygens (including phenoxy) is 1. The van der Waals surface area contributed by atoms with Crippen molar-refractivity contribution in [3.8, 4) is 5.75 Å². The maximum absolute atomic E-state index is 12.8. The van der Waals surface area contributed by atoms with Gasteiger partial charge >= 0.3 is 0 Å². The van der Waals surface area contributed by atoms with Crippen molar-refractivity contribution in [3.63, 3.8) is 0 Å². The molecule has 0 radical (unpaired) electrons. The highest BCUT2D eigenvalue weighted by atomic mass is 32.2. The fourth-order valence-electron chi connectivity index (χ4n) is 2.60. The molecule has 0 aliphatic rings. The molecule has 146 valence electrons. The summed E-state index contributed by atoms with van der Waals surface area (Å²) >= 11 is 0.